The van der Waals surface area contributed by atoms with Crippen LogP contribution in [0.25, 0.3) is 22.4 Å². The van der Waals surface area contributed by atoms with Gasteiger partial charge >= 0.3 is 0 Å². The summed E-state index contributed by atoms with van der Waals surface area (Å²) in [7, 11) is 2.18. The normalized spacial score (nSPS) is 15.5. The van der Waals surface area contributed by atoms with Crippen molar-refractivity contribution in [3.8, 4) is 17.1 Å². The molecule has 0 unspecified atom stereocenters. The van der Waals surface area contributed by atoms with E-state index >= 15 is 0 Å². The van der Waals surface area contributed by atoms with Crippen molar-refractivity contribution in [2.75, 3.05) is 44.7 Å². The minimum Gasteiger partial charge on any atom is -0.493 e. The van der Waals surface area contributed by atoms with Crippen molar-refractivity contribution in [3.05, 3.63) is 48.9 Å². The number of H-pyrrole nitrogens is 1. The van der Waals surface area contributed by atoms with Crippen LogP contribution in [0, 0.1) is 6.42 Å². The molecule has 2 aromatic carbocycles. The van der Waals surface area contributed by atoms with Crippen LogP contribution < -0.4 is 9.64 Å². The van der Waals surface area contributed by atoms with Crippen LogP contribution in [-0.2, 0) is 0 Å². The maximum absolute atomic E-state index is 5.60. The van der Waals surface area contributed by atoms with Crippen molar-refractivity contribution in [2.24, 2.45) is 0 Å². The molecule has 0 spiro atoms. The maximum Gasteiger partial charge on any atom is 0.138 e. The Morgan fingerprint density at radius 2 is 1.85 bits per heavy atom. The van der Waals surface area contributed by atoms with Gasteiger partial charge in [-0.3, -0.25) is 0 Å². The van der Waals surface area contributed by atoms with Crippen LogP contribution >= 0.6 is 0 Å². The summed E-state index contributed by atoms with van der Waals surface area (Å²) in [4.78, 5) is 13.0. The lowest BCUT2D eigenvalue weighted by atomic mass is 10.2. The molecule has 0 atom stereocenters. The zero-order chi connectivity index (χ0) is 17.9. The fourth-order valence-electron chi connectivity index (χ4n) is 3.28. The van der Waals surface area contributed by atoms with E-state index in [2.05, 4.69) is 40.0 Å². The minimum absolute atomic E-state index is 0.624. The maximum atomic E-state index is 5.60. The zero-order valence-corrected chi connectivity index (χ0v) is 15.4. The molecule has 1 saturated heterocycles. The molecule has 1 aliphatic heterocycles. The number of likely N-dealkylation sites (N-methyl/N-ethyl adjacent to an activating group) is 1. The van der Waals surface area contributed by atoms with Crippen LogP contribution in [0.2, 0.25) is 0 Å². The van der Waals surface area contributed by atoms with Crippen LogP contribution in [0.4, 0.5) is 5.69 Å². The van der Waals surface area contributed by atoms with Crippen molar-refractivity contribution < 1.29 is 4.74 Å². The Balaban J connectivity index is 1.55. The Morgan fingerprint density at radius 3 is 2.58 bits per heavy atom. The lowest BCUT2D eigenvalue weighted by molar-refractivity contribution is 0.313. The summed E-state index contributed by atoms with van der Waals surface area (Å²) in [5, 5.41) is 0. The summed E-state index contributed by atoms with van der Waals surface area (Å²) >= 11 is 0. The average molecular weight is 349 g/mol. The van der Waals surface area contributed by atoms with Gasteiger partial charge in [-0.1, -0.05) is 6.92 Å². The van der Waals surface area contributed by atoms with Gasteiger partial charge in [0.1, 0.15) is 11.6 Å². The molecule has 0 amide bonds. The first-order chi connectivity index (χ1) is 12.7. The number of anilines is 1. The first kappa shape index (κ1) is 16.9. The molecule has 1 fully saturated rings. The Hall–Kier alpha value is -2.53. The van der Waals surface area contributed by atoms with E-state index < -0.39 is 0 Å². The fraction of sp³-hybridized carbons (Fsp3) is 0.333. The van der Waals surface area contributed by atoms with Gasteiger partial charge in [-0.2, -0.15) is 0 Å². The van der Waals surface area contributed by atoms with Crippen molar-refractivity contribution in [1.82, 2.24) is 14.9 Å². The van der Waals surface area contributed by atoms with Crippen molar-refractivity contribution in [1.29, 1.82) is 0 Å². The number of nitrogens with one attached hydrogen (secondary N) is 1. The second-order valence-corrected chi connectivity index (χ2v) is 6.82. The molecule has 2 heterocycles. The first-order valence-electron chi connectivity index (χ1n) is 9.17. The van der Waals surface area contributed by atoms with Crippen molar-refractivity contribution in [3.63, 3.8) is 0 Å². The van der Waals surface area contributed by atoms with Gasteiger partial charge in [0.15, 0.2) is 0 Å². The second-order valence-electron chi connectivity index (χ2n) is 6.82. The highest BCUT2D eigenvalue weighted by molar-refractivity contribution is 5.83. The quantitative estimate of drug-likeness (QED) is 0.765. The molecule has 1 radical (unpaired) electrons. The molecule has 0 aliphatic carbocycles. The molecule has 1 N–H and O–H groups in total. The summed E-state index contributed by atoms with van der Waals surface area (Å²) in [5.41, 5.74) is 4.41. The summed E-state index contributed by atoms with van der Waals surface area (Å²) < 4.78 is 5.60. The first-order valence-corrected chi connectivity index (χ1v) is 9.17. The van der Waals surface area contributed by atoms with Crippen LogP contribution in [0.5, 0.6) is 5.75 Å². The van der Waals surface area contributed by atoms with Crippen LogP contribution in [-0.4, -0.2) is 54.7 Å². The van der Waals surface area contributed by atoms with E-state index in [9.17, 15) is 0 Å². The van der Waals surface area contributed by atoms with Gasteiger partial charge in [0.05, 0.1) is 17.6 Å². The molecular formula is C21H25N4O. The number of hydrogen-bond acceptors (Lipinski definition) is 4. The molecule has 135 valence electrons. The van der Waals surface area contributed by atoms with Gasteiger partial charge in [-0.15, -0.1) is 0 Å². The number of piperazine rings is 1. The Kier molecular flexibility index (Phi) is 4.80. The monoisotopic (exact) mass is 349 g/mol. The summed E-state index contributed by atoms with van der Waals surface area (Å²) in [6, 6.07) is 14.6. The van der Waals surface area contributed by atoms with E-state index in [0.29, 0.717) is 6.61 Å². The van der Waals surface area contributed by atoms with E-state index in [0.717, 1.165) is 54.3 Å². The highest BCUT2D eigenvalue weighted by Crippen LogP contribution is 2.26. The lowest BCUT2D eigenvalue weighted by Crippen LogP contribution is -2.44. The van der Waals surface area contributed by atoms with Crippen LogP contribution in [0.15, 0.2) is 42.5 Å². The summed E-state index contributed by atoms with van der Waals surface area (Å²) in [6.07, 6.45) is 1.99. The molecule has 5 heteroatoms. The zero-order valence-electron chi connectivity index (χ0n) is 15.4. The smallest absolute Gasteiger partial charge is 0.138 e. The van der Waals surface area contributed by atoms with E-state index in [1.54, 1.807) is 0 Å². The Bertz CT molecular complexity index is 863. The Labute approximate surface area is 154 Å². The third-order valence-electron chi connectivity index (χ3n) is 4.88. The molecular weight excluding hydrogens is 324 g/mol. The second kappa shape index (κ2) is 7.38. The van der Waals surface area contributed by atoms with Crippen LogP contribution in [0.3, 0.4) is 0 Å². The minimum atomic E-state index is 0.624. The van der Waals surface area contributed by atoms with Gasteiger partial charge in [-0.25, -0.2) is 4.98 Å². The van der Waals surface area contributed by atoms with E-state index in [-0.39, 0.29) is 0 Å². The Morgan fingerprint density at radius 1 is 1.08 bits per heavy atom. The van der Waals surface area contributed by atoms with Crippen molar-refractivity contribution >= 4 is 16.7 Å². The number of hydrogen-bond donors (Lipinski definition) is 1. The van der Waals surface area contributed by atoms with E-state index in [4.69, 9.17) is 9.72 Å². The molecule has 5 nitrogen and oxygen atoms in total. The predicted molar refractivity (Wildman–Crippen MR) is 107 cm³/mol. The molecule has 4 rings (SSSR count). The van der Waals surface area contributed by atoms with Gasteiger partial charge < -0.3 is 19.5 Å². The third-order valence-corrected chi connectivity index (χ3v) is 4.88. The topological polar surface area (TPSA) is 44.4 Å². The van der Waals surface area contributed by atoms with E-state index in [1.807, 2.05) is 37.6 Å². The molecule has 1 aliphatic rings. The number of aromatic nitrogens is 2. The molecule has 1 aromatic heterocycles. The van der Waals surface area contributed by atoms with E-state index in [1.165, 1.54) is 5.69 Å². The largest absolute Gasteiger partial charge is 0.493 e. The lowest BCUT2D eigenvalue weighted by Gasteiger charge is -2.34. The summed E-state index contributed by atoms with van der Waals surface area (Å²) in [6.45, 7) is 6.96. The number of rotatable bonds is 5. The number of fused-ring (bicyclic) bond motifs is 1. The number of ether oxygens (including phenoxy) is 1. The van der Waals surface area contributed by atoms with Gasteiger partial charge in [0.25, 0.3) is 0 Å². The fourth-order valence-corrected chi connectivity index (χ4v) is 3.28. The van der Waals surface area contributed by atoms with Gasteiger partial charge in [0.2, 0.25) is 0 Å². The number of imidazole rings is 1. The third kappa shape index (κ3) is 3.53. The molecule has 0 bridgehead atoms. The number of nitrogens with zero attached hydrogens (tertiary/aromatic N) is 3. The predicted octanol–water partition coefficient (Wildman–Crippen LogP) is 3.58. The summed E-state index contributed by atoms with van der Waals surface area (Å²) in [5.74, 6) is 1.77. The molecule has 0 saturated carbocycles. The SMILES string of the molecule is C[CH]COc1ccc(-c2nc3ccc(N4CCN(C)CC4)cc3[nH]2)cc1. The van der Waals surface area contributed by atoms with Crippen molar-refractivity contribution in [2.45, 2.75) is 6.92 Å². The average Bonchev–Trinajstić information content (AvgIpc) is 3.10. The van der Waals surface area contributed by atoms with Gasteiger partial charge in [-0.05, 0) is 55.9 Å². The molecule has 26 heavy (non-hydrogen) atoms. The van der Waals surface area contributed by atoms with Crippen LogP contribution in [0.1, 0.15) is 6.92 Å². The number of aromatic amines is 1. The van der Waals surface area contributed by atoms with Gasteiger partial charge in [0, 0.05) is 37.4 Å². The highest BCUT2D eigenvalue weighted by Gasteiger charge is 2.15. The highest BCUT2D eigenvalue weighted by atomic mass is 16.5. The molecule has 3 aromatic rings. The standard InChI is InChI=1S/C21H25N4O/c1-3-14-26-18-7-4-16(5-8-18)21-22-19-9-6-17(15-20(19)23-21)25-12-10-24(2)11-13-25/h3-9,15H,10-14H2,1-2H3,(H,22,23). The number of benzene rings is 2.